The minimum atomic E-state index is -0.209. The number of guanidine groups is 1. The molecular formula is C15H34IN5O. The van der Waals surface area contributed by atoms with Crippen LogP contribution in [0.4, 0.5) is 0 Å². The van der Waals surface area contributed by atoms with Gasteiger partial charge >= 0.3 is 0 Å². The lowest BCUT2D eigenvalue weighted by Gasteiger charge is -2.21. The molecule has 1 amide bonds. The topological polar surface area (TPSA) is 68.8 Å². The molecule has 0 aliphatic rings. The number of nitrogens with one attached hydrogen (secondary N) is 3. The fraction of sp³-hybridized carbons (Fsp3) is 0.867. The molecule has 0 saturated heterocycles. The molecule has 0 unspecified atom stereocenters. The zero-order chi connectivity index (χ0) is 16.3. The second-order valence-corrected chi connectivity index (χ2v) is 6.03. The van der Waals surface area contributed by atoms with Gasteiger partial charge in [0.1, 0.15) is 0 Å². The molecule has 0 rings (SSSR count). The van der Waals surface area contributed by atoms with Crippen molar-refractivity contribution < 1.29 is 4.79 Å². The summed E-state index contributed by atoms with van der Waals surface area (Å²) in [4.78, 5) is 18.2. The van der Waals surface area contributed by atoms with Crippen LogP contribution in [0.2, 0.25) is 0 Å². The molecule has 0 heterocycles. The van der Waals surface area contributed by atoms with Crippen LogP contribution in [0.15, 0.2) is 4.99 Å². The van der Waals surface area contributed by atoms with Gasteiger partial charge < -0.3 is 20.9 Å². The Labute approximate surface area is 152 Å². The molecule has 3 N–H and O–H groups in total. The number of amides is 1. The minimum Gasteiger partial charge on any atom is -0.356 e. The van der Waals surface area contributed by atoms with Crippen LogP contribution in [0, 0.1) is 0 Å². The Hall–Kier alpha value is -0.570. The quantitative estimate of drug-likeness (QED) is 0.237. The second kappa shape index (κ2) is 12.9. The first-order chi connectivity index (χ1) is 9.82. The van der Waals surface area contributed by atoms with Crippen LogP contribution in [0.3, 0.4) is 0 Å². The van der Waals surface area contributed by atoms with Gasteiger partial charge in [-0.05, 0) is 46.8 Å². The van der Waals surface area contributed by atoms with Crippen molar-refractivity contribution in [3.63, 3.8) is 0 Å². The fourth-order valence-electron chi connectivity index (χ4n) is 1.90. The average Bonchev–Trinajstić information content (AvgIpc) is 2.40. The van der Waals surface area contributed by atoms with Gasteiger partial charge in [-0.3, -0.25) is 9.79 Å². The average molecular weight is 427 g/mol. The lowest BCUT2D eigenvalue weighted by atomic mass is 10.1. The van der Waals surface area contributed by atoms with Gasteiger partial charge in [0.15, 0.2) is 5.96 Å². The zero-order valence-electron chi connectivity index (χ0n) is 15.0. The van der Waals surface area contributed by atoms with E-state index < -0.39 is 0 Å². The number of rotatable bonds is 8. The molecular weight excluding hydrogens is 393 g/mol. The molecule has 0 aromatic rings. The summed E-state index contributed by atoms with van der Waals surface area (Å²) in [6.45, 7) is 14.5. The van der Waals surface area contributed by atoms with Gasteiger partial charge in [0, 0.05) is 19.1 Å². The smallest absolute Gasteiger partial charge is 0.239 e. The van der Waals surface area contributed by atoms with E-state index in [4.69, 9.17) is 0 Å². The number of carbonyl (C=O) groups is 1. The minimum absolute atomic E-state index is 0. The Morgan fingerprint density at radius 2 is 1.73 bits per heavy atom. The third-order valence-corrected chi connectivity index (χ3v) is 2.99. The highest BCUT2D eigenvalue weighted by atomic mass is 127. The highest BCUT2D eigenvalue weighted by molar-refractivity contribution is 14.0. The van der Waals surface area contributed by atoms with E-state index >= 15 is 0 Å². The van der Waals surface area contributed by atoms with E-state index in [1.807, 2.05) is 20.8 Å². The molecule has 0 radical (unpaired) electrons. The van der Waals surface area contributed by atoms with Gasteiger partial charge in [-0.15, -0.1) is 24.0 Å². The maximum Gasteiger partial charge on any atom is 0.239 e. The zero-order valence-corrected chi connectivity index (χ0v) is 17.3. The molecule has 7 heteroatoms. The molecule has 0 aromatic carbocycles. The molecule has 0 atom stereocenters. The first-order valence-electron chi connectivity index (χ1n) is 7.80. The van der Waals surface area contributed by atoms with Gasteiger partial charge in [-0.1, -0.05) is 13.8 Å². The van der Waals surface area contributed by atoms with Crippen molar-refractivity contribution in [2.75, 3.05) is 39.8 Å². The lowest BCUT2D eigenvalue weighted by Crippen LogP contribution is -2.48. The van der Waals surface area contributed by atoms with Crippen LogP contribution in [0.5, 0.6) is 0 Å². The van der Waals surface area contributed by atoms with Crippen molar-refractivity contribution in [1.82, 2.24) is 20.9 Å². The highest BCUT2D eigenvalue weighted by Crippen LogP contribution is 1.97. The number of nitrogens with zero attached hydrogens (tertiary/aromatic N) is 2. The summed E-state index contributed by atoms with van der Waals surface area (Å²) in [7, 11) is 1.71. The lowest BCUT2D eigenvalue weighted by molar-refractivity contribution is -0.121. The predicted octanol–water partition coefficient (Wildman–Crippen LogP) is 1.42. The summed E-state index contributed by atoms with van der Waals surface area (Å²) < 4.78 is 0. The third-order valence-electron chi connectivity index (χ3n) is 2.99. The van der Waals surface area contributed by atoms with Gasteiger partial charge in [0.2, 0.25) is 5.91 Å². The Balaban J connectivity index is 0. The van der Waals surface area contributed by atoms with Crippen molar-refractivity contribution in [3.8, 4) is 0 Å². The molecule has 22 heavy (non-hydrogen) atoms. The van der Waals surface area contributed by atoms with Gasteiger partial charge in [0.25, 0.3) is 0 Å². The molecule has 0 aliphatic carbocycles. The fourth-order valence-corrected chi connectivity index (χ4v) is 1.90. The number of hydrogen-bond acceptors (Lipinski definition) is 3. The first-order valence-corrected chi connectivity index (χ1v) is 7.80. The number of carbonyl (C=O) groups excluding carboxylic acids is 1. The van der Waals surface area contributed by atoms with Crippen molar-refractivity contribution in [3.05, 3.63) is 0 Å². The van der Waals surface area contributed by atoms with Gasteiger partial charge in [0.05, 0.1) is 6.54 Å². The van der Waals surface area contributed by atoms with E-state index in [0.29, 0.717) is 5.96 Å². The second-order valence-electron chi connectivity index (χ2n) is 6.03. The maximum atomic E-state index is 11.7. The number of hydrogen-bond donors (Lipinski definition) is 3. The summed E-state index contributed by atoms with van der Waals surface area (Å²) in [6, 6.07) is 0. The molecule has 6 nitrogen and oxygen atoms in total. The summed E-state index contributed by atoms with van der Waals surface area (Å²) in [5.41, 5.74) is -0.209. The summed E-state index contributed by atoms with van der Waals surface area (Å²) in [5.74, 6) is 0.632. The SMILES string of the molecule is CCN(CC)CCCNC(=NC)NCC(=O)NC(C)(C)C.I. The van der Waals surface area contributed by atoms with Crippen molar-refractivity contribution in [2.24, 2.45) is 4.99 Å². The molecule has 0 spiro atoms. The molecule has 0 fully saturated rings. The Bertz CT molecular complexity index is 324. The first kappa shape index (κ1) is 23.7. The van der Waals surface area contributed by atoms with E-state index in [9.17, 15) is 4.79 Å². The van der Waals surface area contributed by atoms with Crippen LogP contribution in [-0.2, 0) is 4.79 Å². The Kier molecular flexibility index (Phi) is 13.9. The van der Waals surface area contributed by atoms with Crippen molar-refractivity contribution in [2.45, 2.75) is 46.6 Å². The maximum absolute atomic E-state index is 11.7. The number of aliphatic imine (C=N–C) groups is 1. The van der Waals surface area contributed by atoms with E-state index in [-0.39, 0.29) is 42.0 Å². The van der Waals surface area contributed by atoms with Crippen LogP contribution in [0.25, 0.3) is 0 Å². The Morgan fingerprint density at radius 1 is 1.14 bits per heavy atom. The summed E-state index contributed by atoms with van der Waals surface area (Å²) >= 11 is 0. The Morgan fingerprint density at radius 3 is 2.18 bits per heavy atom. The summed E-state index contributed by atoms with van der Waals surface area (Å²) in [6.07, 6.45) is 1.05. The predicted molar refractivity (Wildman–Crippen MR) is 105 cm³/mol. The van der Waals surface area contributed by atoms with Crippen LogP contribution < -0.4 is 16.0 Å². The van der Waals surface area contributed by atoms with Gasteiger partial charge in [-0.2, -0.15) is 0 Å². The molecule has 0 aromatic heterocycles. The van der Waals surface area contributed by atoms with Crippen molar-refractivity contribution >= 4 is 35.8 Å². The van der Waals surface area contributed by atoms with Crippen LogP contribution in [0.1, 0.15) is 41.0 Å². The van der Waals surface area contributed by atoms with E-state index in [2.05, 4.69) is 39.7 Å². The van der Waals surface area contributed by atoms with Gasteiger partial charge in [-0.25, -0.2) is 0 Å². The third kappa shape index (κ3) is 13.1. The van der Waals surface area contributed by atoms with Crippen molar-refractivity contribution in [1.29, 1.82) is 0 Å². The largest absolute Gasteiger partial charge is 0.356 e. The highest BCUT2D eigenvalue weighted by Gasteiger charge is 2.13. The standard InChI is InChI=1S/C15H33N5O.HI/c1-7-20(8-2)11-9-10-17-14(16-6)18-12-13(21)19-15(3,4)5;/h7-12H2,1-6H3,(H,19,21)(H2,16,17,18);1H. The molecule has 0 saturated carbocycles. The van der Waals surface area contributed by atoms with Crippen LogP contribution in [-0.4, -0.2) is 62.1 Å². The summed E-state index contributed by atoms with van der Waals surface area (Å²) in [5, 5.41) is 9.15. The van der Waals surface area contributed by atoms with Crippen LogP contribution >= 0.6 is 24.0 Å². The molecule has 0 aliphatic heterocycles. The molecule has 132 valence electrons. The number of halogens is 1. The normalized spacial score (nSPS) is 11.9. The van der Waals surface area contributed by atoms with E-state index in [0.717, 1.165) is 32.6 Å². The van der Waals surface area contributed by atoms with E-state index in [1.54, 1.807) is 7.05 Å². The van der Waals surface area contributed by atoms with E-state index in [1.165, 1.54) is 0 Å². The monoisotopic (exact) mass is 427 g/mol. The molecule has 0 bridgehead atoms.